The summed E-state index contributed by atoms with van der Waals surface area (Å²) in [5.41, 5.74) is -1.58. The van der Waals surface area contributed by atoms with Crippen LogP contribution in [0.1, 0.15) is 0 Å². The zero-order chi connectivity index (χ0) is 9.14. The molecule has 0 saturated heterocycles. The lowest BCUT2D eigenvalue weighted by molar-refractivity contribution is 0.249. The second-order valence-corrected chi connectivity index (χ2v) is 2.27. The summed E-state index contributed by atoms with van der Waals surface area (Å²) < 4.78 is 24.2. The van der Waals surface area contributed by atoms with Gasteiger partial charge in [0.1, 0.15) is 0 Å². The molecule has 1 atom stereocenters. The molecule has 0 amide bonds. The Balaban J connectivity index is 3.10. The van der Waals surface area contributed by atoms with E-state index in [2.05, 4.69) is 4.28 Å². The Hall–Kier alpha value is -1.41. The molecule has 0 aliphatic rings. The number of nitrogens with zero attached hydrogens (tertiary/aromatic N) is 1. The van der Waals surface area contributed by atoms with Crippen molar-refractivity contribution in [3.63, 3.8) is 0 Å². The van der Waals surface area contributed by atoms with Crippen molar-refractivity contribution in [1.82, 2.24) is 9.71 Å². The fourth-order valence-corrected chi connectivity index (χ4v) is 0.778. The van der Waals surface area contributed by atoms with Crippen molar-refractivity contribution in [2.45, 2.75) is 0 Å². The van der Waals surface area contributed by atoms with Crippen LogP contribution in [0, 0.1) is 0 Å². The zero-order valence-corrected chi connectivity index (χ0v) is 6.37. The van der Waals surface area contributed by atoms with E-state index in [0.29, 0.717) is 4.73 Å². The van der Waals surface area contributed by atoms with Gasteiger partial charge in [0.25, 0.3) is 5.56 Å². The maximum atomic E-state index is 10.7. The van der Waals surface area contributed by atoms with E-state index < -0.39 is 22.6 Å². The van der Waals surface area contributed by atoms with Crippen LogP contribution in [0.25, 0.3) is 0 Å². The summed E-state index contributed by atoms with van der Waals surface area (Å²) in [4.78, 5) is 22.9. The Kier molecular flexibility index (Phi) is 2.41. The van der Waals surface area contributed by atoms with Gasteiger partial charge in [-0.15, -0.1) is 4.73 Å². The Bertz CT molecular complexity index is 406. The molecule has 1 aromatic heterocycles. The van der Waals surface area contributed by atoms with Gasteiger partial charge in [0.05, 0.1) is 6.20 Å². The van der Waals surface area contributed by atoms with Crippen molar-refractivity contribution in [1.29, 1.82) is 0 Å². The van der Waals surface area contributed by atoms with Crippen LogP contribution in [0.3, 0.4) is 0 Å². The van der Waals surface area contributed by atoms with E-state index in [1.54, 1.807) is 4.98 Å². The van der Waals surface area contributed by atoms with Crippen LogP contribution >= 0.6 is 0 Å². The van der Waals surface area contributed by atoms with Gasteiger partial charge in [-0.25, -0.2) is 9.00 Å². The standard InChI is InChI=1S/C4H4N2O5S/c7-3-1-2-6(4(8)5-3)11-12(9)10/h1-2H,(H,9,10)(H,5,7,8)/p-1. The fraction of sp³-hybridized carbons (Fsp3) is 0. The summed E-state index contributed by atoms with van der Waals surface area (Å²) in [6.45, 7) is 0. The summed E-state index contributed by atoms with van der Waals surface area (Å²) in [6, 6.07) is 0.953. The Morgan fingerprint density at radius 2 is 2.25 bits per heavy atom. The monoisotopic (exact) mass is 191 g/mol. The van der Waals surface area contributed by atoms with E-state index >= 15 is 0 Å². The molecule has 0 aliphatic heterocycles. The molecule has 1 rings (SSSR count). The number of H-pyrrole nitrogens is 1. The highest BCUT2D eigenvalue weighted by molar-refractivity contribution is 7.74. The summed E-state index contributed by atoms with van der Waals surface area (Å²) in [5.74, 6) is 0. The molecule has 1 unspecified atom stereocenters. The molecular weight excluding hydrogens is 188 g/mol. The maximum absolute atomic E-state index is 10.7. The van der Waals surface area contributed by atoms with Gasteiger partial charge in [-0.3, -0.25) is 9.78 Å². The number of aromatic amines is 1. The topological polar surface area (TPSA) is 104 Å². The van der Waals surface area contributed by atoms with E-state index in [0.717, 1.165) is 12.3 Å². The first kappa shape index (κ1) is 8.68. The molecule has 0 aliphatic carbocycles. The molecule has 1 heterocycles. The van der Waals surface area contributed by atoms with Gasteiger partial charge >= 0.3 is 5.69 Å². The molecule has 0 radical (unpaired) electrons. The van der Waals surface area contributed by atoms with Gasteiger partial charge in [-0.1, -0.05) is 0 Å². The first-order valence-corrected chi connectivity index (χ1v) is 3.69. The summed E-state index contributed by atoms with van der Waals surface area (Å²) in [5, 5.41) is 0. The molecule has 7 nitrogen and oxygen atoms in total. The molecule has 8 heteroatoms. The van der Waals surface area contributed by atoms with E-state index in [1.807, 2.05) is 0 Å². The van der Waals surface area contributed by atoms with Crippen molar-refractivity contribution in [3.05, 3.63) is 33.1 Å². The van der Waals surface area contributed by atoms with Crippen LogP contribution in [-0.2, 0) is 11.4 Å². The van der Waals surface area contributed by atoms with Crippen LogP contribution < -0.4 is 15.5 Å². The van der Waals surface area contributed by atoms with E-state index in [4.69, 9.17) is 0 Å². The summed E-state index contributed by atoms with van der Waals surface area (Å²) >= 11 is -2.84. The highest BCUT2D eigenvalue weighted by Crippen LogP contribution is 1.71. The molecule has 0 spiro atoms. The lowest BCUT2D eigenvalue weighted by Gasteiger charge is -2.06. The van der Waals surface area contributed by atoms with Crippen molar-refractivity contribution in [2.75, 3.05) is 0 Å². The van der Waals surface area contributed by atoms with Crippen LogP contribution in [-0.4, -0.2) is 18.5 Å². The fourth-order valence-electron chi connectivity index (χ4n) is 0.530. The highest BCUT2D eigenvalue weighted by atomic mass is 32.2. The predicted octanol–water partition coefficient (Wildman–Crippen LogP) is -2.24. The second kappa shape index (κ2) is 3.32. The molecule has 0 bridgehead atoms. The van der Waals surface area contributed by atoms with Crippen molar-refractivity contribution < 1.29 is 13.0 Å². The van der Waals surface area contributed by atoms with Gasteiger partial charge < -0.3 is 8.84 Å². The third-order valence-electron chi connectivity index (χ3n) is 0.933. The summed E-state index contributed by atoms with van der Waals surface area (Å²) in [6.07, 6.45) is 0.900. The Labute approximate surface area is 68.1 Å². The number of rotatable bonds is 2. The molecule has 1 N–H and O–H groups in total. The number of aromatic nitrogens is 2. The van der Waals surface area contributed by atoms with Gasteiger partial charge in [0.2, 0.25) is 0 Å². The molecule has 1 aromatic rings. The van der Waals surface area contributed by atoms with E-state index in [-0.39, 0.29) is 0 Å². The first-order chi connectivity index (χ1) is 5.59. The average molecular weight is 191 g/mol. The smallest absolute Gasteiger partial charge is 0.362 e. The maximum Gasteiger partial charge on any atom is 0.362 e. The third-order valence-corrected chi connectivity index (χ3v) is 1.22. The van der Waals surface area contributed by atoms with Gasteiger partial charge in [-0.05, 0) is 0 Å². The highest BCUT2D eigenvalue weighted by Gasteiger charge is 1.95. The number of nitrogens with one attached hydrogen (secondary N) is 1. The average Bonchev–Trinajstić information content (AvgIpc) is 1.94. The first-order valence-electron chi connectivity index (χ1n) is 2.69. The van der Waals surface area contributed by atoms with Gasteiger partial charge in [-0.2, -0.15) is 0 Å². The predicted molar refractivity (Wildman–Crippen MR) is 36.8 cm³/mol. The quantitative estimate of drug-likeness (QED) is 0.532. The van der Waals surface area contributed by atoms with Crippen LogP contribution in [0.2, 0.25) is 0 Å². The molecule has 0 saturated carbocycles. The SMILES string of the molecule is O=c1ccn(OS(=O)[O-])c(=O)[nH]1. The molecule has 0 aromatic carbocycles. The van der Waals surface area contributed by atoms with Gasteiger partial charge in [0.15, 0.2) is 11.4 Å². The Morgan fingerprint density at radius 3 is 2.75 bits per heavy atom. The van der Waals surface area contributed by atoms with Crippen LogP contribution in [0.5, 0.6) is 0 Å². The Morgan fingerprint density at radius 1 is 1.58 bits per heavy atom. The normalized spacial score (nSPS) is 12.4. The lowest BCUT2D eigenvalue weighted by Crippen LogP contribution is -2.33. The second-order valence-electron chi connectivity index (χ2n) is 1.71. The largest absolute Gasteiger partial charge is 0.738 e. The van der Waals surface area contributed by atoms with Gasteiger partial charge in [0, 0.05) is 6.07 Å². The molecule has 0 fully saturated rings. The van der Waals surface area contributed by atoms with E-state index in [9.17, 15) is 18.4 Å². The minimum Gasteiger partial charge on any atom is -0.738 e. The minimum atomic E-state index is -2.84. The van der Waals surface area contributed by atoms with Crippen molar-refractivity contribution >= 4 is 11.4 Å². The zero-order valence-electron chi connectivity index (χ0n) is 5.55. The van der Waals surface area contributed by atoms with Crippen molar-refractivity contribution in [3.8, 4) is 0 Å². The summed E-state index contributed by atoms with van der Waals surface area (Å²) in [7, 11) is 0. The van der Waals surface area contributed by atoms with E-state index in [1.165, 1.54) is 0 Å². The number of hydrogen-bond acceptors (Lipinski definition) is 5. The van der Waals surface area contributed by atoms with Crippen LogP contribution in [0.4, 0.5) is 0 Å². The number of hydrogen-bond donors (Lipinski definition) is 1. The molecular formula is C4H3N2O5S-. The van der Waals surface area contributed by atoms with Crippen LogP contribution in [0.15, 0.2) is 21.9 Å². The lowest BCUT2D eigenvalue weighted by atomic mass is 10.7. The van der Waals surface area contributed by atoms with Crippen molar-refractivity contribution in [2.24, 2.45) is 0 Å². The molecule has 66 valence electrons. The third kappa shape index (κ3) is 2.04. The minimum absolute atomic E-state index is 0.379. The molecule has 12 heavy (non-hydrogen) atoms.